The van der Waals surface area contributed by atoms with E-state index >= 15 is 0 Å². The third-order valence-corrected chi connectivity index (χ3v) is 3.55. The number of nitrogens with one attached hydrogen (secondary N) is 1. The number of methoxy groups -OCH3 is 1. The fourth-order valence-corrected chi connectivity index (χ4v) is 2.03. The Bertz CT molecular complexity index is 450. The lowest BCUT2D eigenvalue weighted by Crippen LogP contribution is -2.52. The highest BCUT2D eigenvalue weighted by molar-refractivity contribution is 5.25. The van der Waals surface area contributed by atoms with Crippen LogP contribution in [0.1, 0.15) is 16.8 Å². The lowest BCUT2D eigenvalue weighted by Gasteiger charge is -2.38. The summed E-state index contributed by atoms with van der Waals surface area (Å²) in [4.78, 5) is 13.7. The van der Waals surface area contributed by atoms with E-state index in [-0.39, 0.29) is 5.56 Å². The number of hydrogen-bond donors (Lipinski definition) is 1. The molecule has 0 radical (unpaired) electrons. The van der Waals surface area contributed by atoms with Crippen LogP contribution in [0.25, 0.3) is 0 Å². The van der Waals surface area contributed by atoms with Gasteiger partial charge in [-0.3, -0.25) is 9.69 Å². The minimum Gasteiger partial charge on any atom is -0.379 e. The molecule has 5 heteroatoms. The van der Waals surface area contributed by atoms with Gasteiger partial charge in [-0.25, -0.2) is 5.10 Å². The largest absolute Gasteiger partial charge is 0.379 e. The standard InChI is InChI=1S/C12H19N3O2/c1-8-9(2)12(16)14-13-11(8)4-5-15-6-10(7-15)17-3/h10H,4-7H2,1-3H3,(H,14,16). The van der Waals surface area contributed by atoms with Gasteiger partial charge in [-0.1, -0.05) is 0 Å². The van der Waals surface area contributed by atoms with Crippen LogP contribution in [0.2, 0.25) is 0 Å². The monoisotopic (exact) mass is 237 g/mol. The molecule has 0 saturated carbocycles. The Morgan fingerprint density at radius 2 is 2.12 bits per heavy atom. The molecule has 0 bridgehead atoms. The molecule has 2 heterocycles. The first-order valence-electron chi connectivity index (χ1n) is 5.91. The Morgan fingerprint density at radius 1 is 1.41 bits per heavy atom. The van der Waals surface area contributed by atoms with Crippen LogP contribution in [-0.2, 0) is 11.2 Å². The zero-order chi connectivity index (χ0) is 12.4. The first kappa shape index (κ1) is 12.3. The second-order valence-corrected chi connectivity index (χ2v) is 4.62. The highest BCUT2D eigenvalue weighted by Gasteiger charge is 2.25. The molecule has 1 aliphatic rings. The summed E-state index contributed by atoms with van der Waals surface area (Å²) < 4.78 is 5.22. The fourth-order valence-electron chi connectivity index (χ4n) is 2.03. The zero-order valence-electron chi connectivity index (χ0n) is 10.6. The zero-order valence-corrected chi connectivity index (χ0v) is 10.6. The normalized spacial score (nSPS) is 17.1. The van der Waals surface area contributed by atoms with Crippen molar-refractivity contribution in [2.24, 2.45) is 0 Å². The van der Waals surface area contributed by atoms with Gasteiger partial charge < -0.3 is 4.74 Å². The molecule has 94 valence electrons. The van der Waals surface area contributed by atoms with Crippen LogP contribution in [0.15, 0.2) is 4.79 Å². The molecule has 0 amide bonds. The summed E-state index contributed by atoms with van der Waals surface area (Å²) in [5, 5.41) is 6.65. The maximum absolute atomic E-state index is 11.3. The van der Waals surface area contributed by atoms with E-state index in [2.05, 4.69) is 15.1 Å². The third-order valence-electron chi connectivity index (χ3n) is 3.55. The number of H-pyrrole nitrogens is 1. The van der Waals surface area contributed by atoms with Gasteiger partial charge in [0.15, 0.2) is 0 Å². The molecule has 1 fully saturated rings. The fraction of sp³-hybridized carbons (Fsp3) is 0.667. The van der Waals surface area contributed by atoms with Crippen molar-refractivity contribution >= 4 is 0 Å². The van der Waals surface area contributed by atoms with Crippen molar-refractivity contribution in [1.82, 2.24) is 15.1 Å². The molecule has 1 aliphatic heterocycles. The lowest BCUT2D eigenvalue weighted by atomic mass is 10.1. The Balaban J connectivity index is 1.92. The quantitative estimate of drug-likeness (QED) is 0.816. The smallest absolute Gasteiger partial charge is 0.267 e. The lowest BCUT2D eigenvalue weighted by molar-refractivity contribution is -0.0285. The molecule has 0 spiro atoms. The van der Waals surface area contributed by atoms with Crippen LogP contribution in [0, 0.1) is 13.8 Å². The number of aromatic nitrogens is 2. The Labute approximate surface area is 101 Å². The van der Waals surface area contributed by atoms with Gasteiger partial charge in [0.2, 0.25) is 0 Å². The average Bonchev–Trinajstić information content (AvgIpc) is 2.27. The molecule has 0 aromatic carbocycles. The molecule has 1 saturated heterocycles. The number of nitrogens with zero attached hydrogens (tertiary/aromatic N) is 2. The second kappa shape index (κ2) is 4.98. The first-order chi connectivity index (χ1) is 8.11. The van der Waals surface area contributed by atoms with Crippen molar-refractivity contribution in [3.8, 4) is 0 Å². The topological polar surface area (TPSA) is 58.2 Å². The van der Waals surface area contributed by atoms with Gasteiger partial charge in [-0.05, 0) is 19.4 Å². The molecule has 2 rings (SSSR count). The van der Waals surface area contributed by atoms with Gasteiger partial charge >= 0.3 is 0 Å². The van der Waals surface area contributed by atoms with Crippen LogP contribution in [0.3, 0.4) is 0 Å². The minimum absolute atomic E-state index is 0.0883. The van der Waals surface area contributed by atoms with Crippen LogP contribution in [0.5, 0.6) is 0 Å². The van der Waals surface area contributed by atoms with E-state index < -0.39 is 0 Å². The maximum atomic E-state index is 11.3. The summed E-state index contributed by atoms with van der Waals surface area (Å²) in [7, 11) is 1.75. The van der Waals surface area contributed by atoms with Crippen molar-refractivity contribution in [1.29, 1.82) is 0 Å². The molecule has 0 unspecified atom stereocenters. The van der Waals surface area contributed by atoms with Crippen LogP contribution in [-0.4, -0.2) is 47.9 Å². The molecule has 0 atom stereocenters. The highest BCUT2D eigenvalue weighted by Crippen LogP contribution is 2.12. The van der Waals surface area contributed by atoms with Gasteiger partial charge in [-0.15, -0.1) is 0 Å². The van der Waals surface area contributed by atoms with Crippen molar-refractivity contribution in [3.05, 3.63) is 27.2 Å². The van der Waals surface area contributed by atoms with Crippen LogP contribution >= 0.6 is 0 Å². The van der Waals surface area contributed by atoms with Crippen molar-refractivity contribution in [2.45, 2.75) is 26.4 Å². The van der Waals surface area contributed by atoms with Gasteiger partial charge in [0.05, 0.1) is 11.8 Å². The van der Waals surface area contributed by atoms with Gasteiger partial charge in [0.1, 0.15) is 0 Å². The van der Waals surface area contributed by atoms with E-state index in [1.807, 2.05) is 13.8 Å². The van der Waals surface area contributed by atoms with Crippen LogP contribution in [0.4, 0.5) is 0 Å². The number of rotatable bonds is 4. The molecule has 5 nitrogen and oxygen atoms in total. The number of ether oxygens (including phenoxy) is 1. The summed E-state index contributed by atoms with van der Waals surface area (Å²) in [6.07, 6.45) is 1.27. The Hall–Kier alpha value is -1.20. The van der Waals surface area contributed by atoms with E-state index in [0.29, 0.717) is 6.10 Å². The average molecular weight is 237 g/mol. The number of hydrogen-bond acceptors (Lipinski definition) is 4. The molecule has 1 N–H and O–H groups in total. The van der Waals surface area contributed by atoms with Crippen molar-refractivity contribution in [3.63, 3.8) is 0 Å². The first-order valence-corrected chi connectivity index (χ1v) is 5.91. The SMILES string of the molecule is COC1CN(CCc2n[nH]c(=O)c(C)c2C)C1. The van der Waals surface area contributed by atoms with E-state index in [0.717, 1.165) is 42.9 Å². The summed E-state index contributed by atoms with van der Waals surface area (Å²) in [6, 6.07) is 0. The molecular weight excluding hydrogens is 218 g/mol. The third kappa shape index (κ3) is 2.56. The summed E-state index contributed by atoms with van der Waals surface area (Å²) in [6.45, 7) is 6.76. The van der Waals surface area contributed by atoms with Crippen molar-refractivity contribution < 1.29 is 4.74 Å². The molecule has 0 aliphatic carbocycles. The maximum Gasteiger partial charge on any atom is 0.267 e. The van der Waals surface area contributed by atoms with Crippen molar-refractivity contribution in [2.75, 3.05) is 26.7 Å². The van der Waals surface area contributed by atoms with Crippen LogP contribution < -0.4 is 5.56 Å². The molecule has 17 heavy (non-hydrogen) atoms. The molecule has 1 aromatic rings. The van der Waals surface area contributed by atoms with E-state index in [1.165, 1.54) is 0 Å². The predicted molar refractivity (Wildman–Crippen MR) is 65.3 cm³/mol. The molecule has 1 aromatic heterocycles. The van der Waals surface area contributed by atoms with Gasteiger partial charge in [-0.2, -0.15) is 5.10 Å². The van der Waals surface area contributed by atoms with Gasteiger partial charge in [0.25, 0.3) is 5.56 Å². The van der Waals surface area contributed by atoms with E-state index in [1.54, 1.807) is 7.11 Å². The predicted octanol–water partition coefficient (Wildman–Crippen LogP) is 0.260. The van der Waals surface area contributed by atoms with Gasteiger partial charge in [0, 0.05) is 38.7 Å². The Kier molecular flexibility index (Phi) is 3.59. The summed E-state index contributed by atoms with van der Waals surface area (Å²) in [5.74, 6) is 0. The summed E-state index contributed by atoms with van der Waals surface area (Å²) in [5.41, 5.74) is 2.68. The highest BCUT2D eigenvalue weighted by atomic mass is 16.5. The van der Waals surface area contributed by atoms with E-state index in [9.17, 15) is 4.79 Å². The second-order valence-electron chi connectivity index (χ2n) is 4.62. The Morgan fingerprint density at radius 3 is 2.76 bits per heavy atom. The number of likely N-dealkylation sites (tertiary alicyclic amines) is 1. The number of aromatic amines is 1. The van der Waals surface area contributed by atoms with E-state index in [4.69, 9.17) is 4.74 Å². The minimum atomic E-state index is -0.0883. The molecular formula is C12H19N3O2. The summed E-state index contributed by atoms with van der Waals surface area (Å²) >= 11 is 0.